The van der Waals surface area contributed by atoms with Gasteiger partial charge in [0, 0.05) is 48.7 Å². The molecule has 1 aromatic carbocycles. The fourth-order valence-electron chi connectivity index (χ4n) is 3.69. The van der Waals surface area contributed by atoms with Gasteiger partial charge in [-0.3, -0.25) is 14.7 Å². The summed E-state index contributed by atoms with van der Waals surface area (Å²) < 4.78 is 18.9. The van der Waals surface area contributed by atoms with Crippen LogP contribution in [0.25, 0.3) is 10.9 Å². The van der Waals surface area contributed by atoms with Crippen molar-refractivity contribution >= 4 is 16.8 Å². The molecule has 0 spiro atoms. The van der Waals surface area contributed by atoms with E-state index in [2.05, 4.69) is 15.2 Å². The predicted octanol–water partition coefficient (Wildman–Crippen LogP) is 2.52. The van der Waals surface area contributed by atoms with Crippen molar-refractivity contribution in [2.45, 2.75) is 19.8 Å². The number of amides is 1. The summed E-state index contributed by atoms with van der Waals surface area (Å²) in [5.74, 6) is -0.454. The summed E-state index contributed by atoms with van der Waals surface area (Å²) in [6.45, 7) is 7.03. The minimum Gasteiger partial charge on any atom is -0.379 e. The molecule has 1 aliphatic heterocycles. The van der Waals surface area contributed by atoms with Crippen molar-refractivity contribution in [3.8, 4) is 0 Å². The molecule has 1 aromatic heterocycles. The second-order valence-corrected chi connectivity index (χ2v) is 7.54. The van der Waals surface area contributed by atoms with E-state index in [1.165, 1.54) is 12.1 Å². The lowest BCUT2D eigenvalue weighted by Crippen LogP contribution is -2.43. The van der Waals surface area contributed by atoms with Crippen molar-refractivity contribution in [1.82, 2.24) is 15.2 Å². The molecule has 1 saturated heterocycles. The standard InChI is InChI=1S/C20H24FN3O2/c1-14-10-17(16-3-2-15(21)11-18(16)23-14)19(25)22-12-20(4-5-20)13-24-6-8-26-9-7-24/h2-3,10-11H,4-9,12-13H2,1H3,(H,22,25). The molecule has 2 heterocycles. The number of nitrogens with zero attached hydrogens (tertiary/aromatic N) is 2. The molecule has 0 unspecified atom stereocenters. The van der Waals surface area contributed by atoms with Crippen molar-refractivity contribution < 1.29 is 13.9 Å². The van der Waals surface area contributed by atoms with Crippen LogP contribution in [0.3, 0.4) is 0 Å². The summed E-state index contributed by atoms with van der Waals surface area (Å²) in [4.78, 5) is 19.6. The Morgan fingerprint density at radius 2 is 2.08 bits per heavy atom. The summed E-state index contributed by atoms with van der Waals surface area (Å²) in [6, 6.07) is 6.15. The Balaban J connectivity index is 1.46. The van der Waals surface area contributed by atoms with Gasteiger partial charge in [0.25, 0.3) is 5.91 Å². The number of fused-ring (bicyclic) bond motifs is 1. The van der Waals surface area contributed by atoms with E-state index in [0.29, 0.717) is 28.7 Å². The topological polar surface area (TPSA) is 54.5 Å². The molecule has 2 fully saturated rings. The van der Waals surface area contributed by atoms with E-state index in [-0.39, 0.29) is 17.1 Å². The smallest absolute Gasteiger partial charge is 0.252 e. The molecule has 0 bridgehead atoms. The maximum absolute atomic E-state index is 13.5. The molecule has 138 valence electrons. The quantitative estimate of drug-likeness (QED) is 0.893. The maximum Gasteiger partial charge on any atom is 0.252 e. The zero-order chi connectivity index (χ0) is 18.1. The average molecular weight is 357 g/mol. The van der Waals surface area contributed by atoms with Gasteiger partial charge in [-0.1, -0.05) is 0 Å². The summed E-state index contributed by atoms with van der Waals surface area (Å²) in [6.07, 6.45) is 2.29. The number of hydrogen-bond donors (Lipinski definition) is 1. The highest BCUT2D eigenvalue weighted by Crippen LogP contribution is 2.45. The Labute approximate surface area is 152 Å². The van der Waals surface area contributed by atoms with Crippen molar-refractivity contribution in [3.63, 3.8) is 0 Å². The number of hydrogen-bond acceptors (Lipinski definition) is 4. The Hall–Kier alpha value is -2.05. The fourth-order valence-corrected chi connectivity index (χ4v) is 3.69. The molecule has 6 heteroatoms. The Morgan fingerprint density at radius 1 is 1.31 bits per heavy atom. The average Bonchev–Trinajstić information content (AvgIpc) is 3.39. The van der Waals surface area contributed by atoms with Gasteiger partial charge in [-0.2, -0.15) is 0 Å². The number of carbonyl (C=O) groups excluding carboxylic acids is 1. The van der Waals surface area contributed by atoms with Crippen molar-refractivity contribution in [3.05, 3.63) is 41.3 Å². The number of nitrogens with one attached hydrogen (secondary N) is 1. The minimum absolute atomic E-state index is 0.111. The lowest BCUT2D eigenvalue weighted by atomic mass is 10.0. The molecule has 4 rings (SSSR count). The van der Waals surface area contributed by atoms with Crippen LogP contribution in [0.2, 0.25) is 0 Å². The van der Waals surface area contributed by atoms with Crippen LogP contribution in [0.5, 0.6) is 0 Å². The van der Waals surface area contributed by atoms with Gasteiger partial charge in [0.15, 0.2) is 0 Å². The van der Waals surface area contributed by atoms with Gasteiger partial charge < -0.3 is 10.1 Å². The highest BCUT2D eigenvalue weighted by atomic mass is 19.1. The number of benzene rings is 1. The van der Waals surface area contributed by atoms with E-state index in [1.807, 2.05) is 6.92 Å². The molecular formula is C20H24FN3O2. The molecule has 0 atom stereocenters. The van der Waals surface area contributed by atoms with Crippen LogP contribution in [0.1, 0.15) is 28.9 Å². The molecule has 2 aliphatic rings. The van der Waals surface area contributed by atoms with Gasteiger partial charge >= 0.3 is 0 Å². The zero-order valence-corrected chi connectivity index (χ0v) is 15.1. The first-order valence-corrected chi connectivity index (χ1v) is 9.20. The van der Waals surface area contributed by atoms with Crippen LogP contribution >= 0.6 is 0 Å². The largest absolute Gasteiger partial charge is 0.379 e. The van der Waals surface area contributed by atoms with Crippen molar-refractivity contribution in [2.75, 3.05) is 39.4 Å². The molecule has 26 heavy (non-hydrogen) atoms. The van der Waals surface area contributed by atoms with E-state index in [4.69, 9.17) is 4.74 Å². The second kappa shape index (κ2) is 6.93. The molecular weight excluding hydrogens is 333 g/mol. The number of aromatic nitrogens is 1. The predicted molar refractivity (Wildman–Crippen MR) is 97.7 cm³/mol. The second-order valence-electron chi connectivity index (χ2n) is 7.54. The van der Waals surface area contributed by atoms with E-state index in [0.717, 1.165) is 45.7 Å². The van der Waals surface area contributed by atoms with Gasteiger partial charge in [0.05, 0.1) is 24.3 Å². The molecule has 2 aromatic rings. The Bertz CT molecular complexity index is 824. The molecule has 1 saturated carbocycles. The summed E-state index contributed by atoms with van der Waals surface area (Å²) in [5.41, 5.74) is 1.98. The van der Waals surface area contributed by atoms with E-state index in [1.54, 1.807) is 12.1 Å². The van der Waals surface area contributed by atoms with Crippen LogP contribution in [0.4, 0.5) is 4.39 Å². The van der Waals surface area contributed by atoms with Crippen molar-refractivity contribution in [1.29, 1.82) is 0 Å². The number of carbonyl (C=O) groups is 1. The van der Waals surface area contributed by atoms with Crippen LogP contribution in [0, 0.1) is 18.2 Å². The first-order chi connectivity index (χ1) is 12.5. The highest BCUT2D eigenvalue weighted by Gasteiger charge is 2.44. The summed E-state index contributed by atoms with van der Waals surface area (Å²) in [5, 5.41) is 3.79. The third-order valence-electron chi connectivity index (χ3n) is 5.39. The lowest BCUT2D eigenvalue weighted by molar-refractivity contribution is 0.0283. The van der Waals surface area contributed by atoms with E-state index >= 15 is 0 Å². The number of pyridine rings is 1. The summed E-state index contributed by atoms with van der Waals surface area (Å²) >= 11 is 0. The number of morpholine rings is 1. The molecule has 5 nitrogen and oxygen atoms in total. The van der Waals surface area contributed by atoms with Crippen LogP contribution in [-0.4, -0.2) is 55.2 Å². The normalized spacial score (nSPS) is 19.5. The zero-order valence-electron chi connectivity index (χ0n) is 15.1. The number of ether oxygens (including phenoxy) is 1. The monoisotopic (exact) mass is 357 g/mol. The number of halogens is 1. The van der Waals surface area contributed by atoms with Crippen molar-refractivity contribution in [2.24, 2.45) is 5.41 Å². The Kier molecular flexibility index (Phi) is 4.63. The third-order valence-corrected chi connectivity index (χ3v) is 5.39. The van der Waals surface area contributed by atoms with E-state index < -0.39 is 0 Å². The number of rotatable bonds is 5. The molecule has 1 N–H and O–H groups in total. The highest BCUT2D eigenvalue weighted by molar-refractivity contribution is 6.06. The third kappa shape index (κ3) is 3.71. The fraction of sp³-hybridized carbons (Fsp3) is 0.500. The molecule has 1 aliphatic carbocycles. The van der Waals surface area contributed by atoms with E-state index in [9.17, 15) is 9.18 Å². The maximum atomic E-state index is 13.5. The SMILES string of the molecule is Cc1cc(C(=O)NCC2(CN3CCOCC3)CC2)c2ccc(F)cc2n1. The van der Waals surface area contributed by atoms with Gasteiger partial charge in [0.2, 0.25) is 0 Å². The molecule has 0 radical (unpaired) electrons. The van der Waals surface area contributed by atoms with Gasteiger partial charge in [-0.15, -0.1) is 0 Å². The summed E-state index contributed by atoms with van der Waals surface area (Å²) in [7, 11) is 0. The first kappa shape index (κ1) is 17.4. The number of aryl methyl sites for hydroxylation is 1. The van der Waals surface area contributed by atoms with Crippen LogP contribution < -0.4 is 5.32 Å². The first-order valence-electron chi connectivity index (χ1n) is 9.20. The molecule has 1 amide bonds. The van der Waals surface area contributed by atoms with Crippen LogP contribution in [-0.2, 0) is 4.74 Å². The van der Waals surface area contributed by atoms with Gasteiger partial charge in [0.1, 0.15) is 5.82 Å². The van der Waals surface area contributed by atoms with Gasteiger partial charge in [-0.25, -0.2) is 4.39 Å². The Morgan fingerprint density at radius 3 is 2.81 bits per heavy atom. The van der Waals surface area contributed by atoms with Gasteiger partial charge in [-0.05, 0) is 38.0 Å². The minimum atomic E-state index is -0.343. The lowest BCUT2D eigenvalue weighted by Gasteiger charge is -2.30. The van der Waals surface area contributed by atoms with Crippen LogP contribution in [0.15, 0.2) is 24.3 Å².